The molecular formula is C36H41BrClN5O2. The first-order chi connectivity index (χ1) is 22.0. The number of fused-ring (bicyclic) bond motifs is 2. The van der Waals surface area contributed by atoms with Crippen molar-refractivity contribution in [2.45, 2.75) is 52.0 Å². The molecule has 45 heavy (non-hydrogen) atoms. The fraction of sp³-hybridized carbons (Fsp3) is 0.417. The van der Waals surface area contributed by atoms with Gasteiger partial charge in [-0.1, -0.05) is 56.1 Å². The Bertz CT molecular complexity index is 1470. The number of aromatic nitrogens is 1. The average molecular weight is 691 g/mol. The summed E-state index contributed by atoms with van der Waals surface area (Å²) in [5.41, 5.74) is 4.93. The van der Waals surface area contributed by atoms with Crippen LogP contribution in [0.15, 0.2) is 70.3 Å². The van der Waals surface area contributed by atoms with Crippen molar-refractivity contribution < 1.29 is 9.53 Å². The van der Waals surface area contributed by atoms with E-state index < -0.39 is 0 Å². The van der Waals surface area contributed by atoms with Gasteiger partial charge >= 0.3 is 6.02 Å². The van der Waals surface area contributed by atoms with E-state index in [1.165, 1.54) is 16.7 Å². The molecule has 0 radical (unpaired) electrons. The third kappa shape index (κ3) is 8.07. The van der Waals surface area contributed by atoms with Crippen LogP contribution in [0.4, 0.5) is 0 Å². The highest BCUT2D eigenvalue weighted by atomic mass is 79.9. The predicted octanol–water partition coefficient (Wildman–Crippen LogP) is 6.98. The van der Waals surface area contributed by atoms with Gasteiger partial charge in [0.15, 0.2) is 0 Å². The van der Waals surface area contributed by atoms with E-state index in [0.29, 0.717) is 37.2 Å². The average Bonchev–Trinajstić information content (AvgIpc) is 3.22. The highest BCUT2D eigenvalue weighted by molar-refractivity contribution is 9.10. The Kier molecular flexibility index (Phi) is 11.6. The van der Waals surface area contributed by atoms with Crippen molar-refractivity contribution in [2.75, 3.05) is 39.3 Å². The van der Waals surface area contributed by atoms with Crippen molar-refractivity contribution in [2.24, 2.45) is 10.9 Å². The molecule has 236 valence electrons. The van der Waals surface area contributed by atoms with Gasteiger partial charge in [-0.3, -0.25) is 14.7 Å². The molecule has 0 spiro atoms. The zero-order valence-corrected chi connectivity index (χ0v) is 28.4. The molecule has 7 nitrogen and oxygen atoms in total. The Hall–Kier alpha value is -3.38. The summed E-state index contributed by atoms with van der Waals surface area (Å²) in [7, 11) is 0. The molecule has 3 aromatic rings. The number of hydrogen-bond acceptors (Lipinski definition) is 5. The minimum absolute atomic E-state index is 0.0522. The third-order valence-corrected chi connectivity index (χ3v) is 9.45. The van der Waals surface area contributed by atoms with E-state index in [0.717, 1.165) is 67.1 Å². The van der Waals surface area contributed by atoms with Gasteiger partial charge in [0.1, 0.15) is 5.75 Å². The Labute approximate surface area is 280 Å². The van der Waals surface area contributed by atoms with Gasteiger partial charge in [-0.05, 0) is 94.6 Å². The van der Waals surface area contributed by atoms with Gasteiger partial charge in [-0.15, -0.1) is 4.99 Å². The molecule has 1 aromatic heterocycles. The molecule has 6 rings (SSSR count). The molecule has 1 amide bonds. The molecule has 0 saturated carbocycles. The number of terminal acetylenes is 1. The van der Waals surface area contributed by atoms with Crippen LogP contribution in [0.3, 0.4) is 0 Å². The molecule has 2 saturated heterocycles. The summed E-state index contributed by atoms with van der Waals surface area (Å²) in [5, 5.41) is 0.766. The molecule has 2 aliphatic heterocycles. The third-order valence-electron chi connectivity index (χ3n) is 8.78. The number of halogens is 2. The molecule has 0 bridgehead atoms. The maximum atomic E-state index is 13.4. The molecule has 0 N–H and O–H groups in total. The van der Waals surface area contributed by atoms with E-state index in [2.05, 4.69) is 55.0 Å². The molecule has 3 heterocycles. The van der Waals surface area contributed by atoms with Crippen LogP contribution in [0, 0.1) is 18.4 Å². The summed E-state index contributed by atoms with van der Waals surface area (Å²) in [6, 6.07) is 20.8. The Morgan fingerprint density at radius 3 is 2.42 bits per heavy atom. The fourth-order valence-electron chi connectivity index (χ4n) is 6.52. The molecule has 1 aliphatic carbocycles. The lowest BCUT2D eigenvalue weighted by Crippen LogP contribution is -2.50. The van der Waals surface area contributed by atoms with Gasteiger partial charge in [0, 0.05) is 67.4 Å². The maximum absolute atomic E-state index is 13.4. The van der Waals surface area contributed by atoms with Crippen molar-refractivity contribution in [1.82, 2.24) is 19.7 Å². The number of benzene rings is 2. The number of carbonyl (C=O) groups excluding carboxylic acids is 1. The topological polar surface area (TPSA) is 61.3 Å². The van der Waals surface area contributed by atoms with E-state index >= 15 is 0 Å². The van der Waals surface area contributed by atoms with Gasteiger partial charge in [-0.25, -0.2) is 0 Å². The maximum Gasteiger partial charge on any atom is 0.306 e. The standard InChI is InChI=1S/C34H35BrClN5O2.C2H6/c1-2-37-34(43-29-6-4-3-5-7-29)41-14-12-24(13-15-41)20-31(42)39-16-18-40(19-17-39)33-30-11-10-28(36)22-25(30)8-9-26-21-27(35)23-38-32(26)33;1-2/h1,3-7,10-11,21-24,33H,8-9,12-20H2;1-2H3. The minimum Gasteiger partial charge on any atom is -0.425 e. The van der Waals surface area contributed by atoms with E-state index in [4.69, 9.17) is 27.7 Å². The lowest BCUT2D eigenvalue weighted by Gasteiger charge is -2.40. The van der Waals surface area contributed by atoms with Gasteiger partial charge in [0.2, 0.25) is 5.91 Å². The Morgan fingerprint density at radius 1 is 1.00 bits per heavy atom. The zero-order valence-electron chi connectivity index (χ0n) is 26.1. The number of aryl methyl sites for hydroxylation is 2. The molecule has 9 heteroatoms. The number of rotatable bonds is 4. The second-order valence-electron chi connectivity index (χ2n) is 11.4. The van der Waals surface area contributed by atoms with Crippen molar-refractivity contribution in [3.05, 3.63) is 92.7 Å². The lowest BCUT2D eigenvalue weighted by atomic mass is 9.93. The Morgan fingerprint density at radius 2 is 1.71 bits per heavy atom. The van der Waals surface area contributed by atoms with E-state index in [1.54, 1.807) is 0 Å². The number of likely N-dealkylation sites (tertiary alicyclic amines) is 1. The van der Waals surface area contributed by atoms with E-state index in [-0.39, 0.29) is 11.9 Å². The van der Waals surface area contributed by atoms with Crippen molar-refractivity contribution >= 4 is 39.5 Å². The van der Waals surface area contributed by atoms with Crippen LogP contribution in [-0.2, 0) is 17.6 Å². The van der Waals surface area contributed by atoms with Crippen molar-refractivity contribution in [3.63, 3.8) is 0 Å². The minimum atomic E-state index is 0.0522. The number of piperazine rings is 1. The number of hydrogen-bond donors (Lipinski definition) is 0. The number of amidine groups is 1. The number of amides is 1. The lowest BCUT2D eigenvalue weighted by molar-refractivity contribution is -0.134. The quantitative estimate of drug-likeness (QED) is 0.168. The van der Waals surface area contributed by atoms with Crippen LogP contribution in [0.25, 0.3) is 0 Å². The molecule has 3 aliphatic rings. The smallest absolute Gasteiger partial charge is 0.306 e. The van der Waals surface area contributed by atoms with Gasteiger partial charge in [-0.2, -0.15) is 0 Å². The number of aliphatic imine (C=N–C) groups is 1. The fourth-order valence-corrected chi connectivity index (χ4v) is 7.10. The second-order valence-corrected chi connectivity index (χ2v) is 12.8. The highest BCUT2D eigenvalue weighted by Crippen LogP contribution is 2.38. The van der Waals surface area contributed by atoms with Gasteiger partial charge in [0.05, 0.1) is 11.7 Å². The first-order valence-corrected chi connectivity index (χ1v) is 17.1. The molecule has 1 unspecified atom stereocenters. The zero-order chi connectivity index (χ0) is 31.8. The first-order valence-electron chi connectivity index (χ1n) is 15.9. The van der Waals surface area contributed by atoms with Crippen molar-refractivity contribution in [1.29, 1.82) is 0 Å². The van der Waals surface area contributed by atoms with E-state index in [1.807, 2.05) is 61.3 Å². The van der Waals surface area contributed by atoms with Crippen LogP contribution in [0.5, 0.6) is 5.75 Å². The normalized spacial score (nSPS) is 18.9. The summed E-state index contributed by atoms with van der Waals surface area (Å²) in [5.74, 6) is 1.28. The monoisotopic (exact) mass is 689 g/mol. The first kappa shape index (κ1) is 33.0. The van der Waals surface area contributed by atoms with Gasteiger partial charge < -0.3 is 14.5 Å². The molecule has 1 atom stereocenters. The van der Waals surface area contributed by atoms with Crippen LogP contribution in [0.1, 0.15) is 61.5 Å². The molecule has 2 aromatic carbocycles. The number of ether oxygens (including phenoxy) is 1. The molecular weight excluding hydrogens is 650 g/mol. The van der Waals surface area contributed by atoms with Crippen LogP contribution in [0.2, 0.25) is 5.02 Å². The number of carbonyl (C=O) groups is 1. The SMILES string of the molecule is C#CN=C(Oc1ccccc1)N1CCC(CC(=O)N2CCN(C3c4ccc(Cl)cc4CCc4cc(Br)cnc43)CC2)CC1.CC. The highest BCUT2D eigenvalue weighted by Gasteiger charge is 2.34. The van der Waals surface area contributed by atoms with E-state index in [9.17, 15) is 4.79 Å². The summed E-state index contributed by atoms with van der Waals surface area (Å²) in [6.45, 7) is 8.55. The summed E-state index contributed by atoms with van der Waals surface area (Å²) >= 11 is 10.0. The number of para-hydroxylation sites is 1. The summed E-state index contributed by atoms with van der Waals surface area (Å²) in [6.07, 6.45) is 11.6. The van der Waals surface area contributed by atoms with Crippen LogP contribution >= 0.6 is 27.5 Å². The molecule has 2 fully saturated rings. The number of pyridine rings is 1. The number of piperidine rings is 1. The Balaban J connectivity index is 0.00000196. The van der Waals surface area contributed by atoms with Gasteiger partial charge in [0.25, 0.3) is 0 Å². The van der Waals surface area contributed by atoms with Crippen LogP contribution in [-0.4, -0.2) is 70.9 Å². The second kappa shape index (κ2) is 15.8. The summed E-state index contributed by atoms with van der Waals surface area (Å²) in [4.78, 5) is 29.1. The largest absolute Gasteiger partial charge is 0.425 e. The summed E-state index contributed by atoms with van der Waals surface area (Å²) < 4.78 is 6.97. The van der Waals surface area contributed by atoms with Crippen molar-refractivity contribution in [3.8, 4) is 18.2 Å². The number of nitrogens with zero attached hydrogens (tertiary/aromatic N) is 5. The van der Waals surface area contributed by atoms with Crippen LogP contribution < -0.4 is 4.74 Å². The predicted molar refractivity (Wildman–Crippen MR) is 184 cm³/mol.